The van der Waals surface area contributed by atoms with Crippen molar-refractivity contribution in [2.75, 3.05) is 13.2 Å². The van der Waals surface area contributed by atoms with E-state index >= 15 is 0 Å². The number of aryl methyl sites for hydroxylation is 3. The van der Waals surface area contributed by atoms with Crippen molar-refractivity contribution in [3.05, 3.63) is 63.6 Å². The van der Waals surface area contributed by atoms with Crippen molar-refractivity contribution in [2.24, 2.45) is 0 Å². The standard InChI is InChI=1S/C21H21NO4S/c1-13-4-6-17(7-5-13)26-9-8-22-20(24)18(27-21(22)25)12-16-10-14(2)19(23)15(3)11-16/h4-7,10-12,23H,8-9H2,1-3H3/b18-12-. The molecule has 6 heteroatoms. The van der Waals surface area contributed by atoms with Crippen LogP contribution in [0.4, 0.5) is 4.79 Å². The summed E-state index contributed by atoms with van der Waals surface area (Å²) in [5, 5.41) is 9.56. The number of phenolic OH excluding ortho intramolecular Hbond substituents is 1. The van der Waals surface area contributed by atoms with Crippen molar-refractivity contribution in [2.45, 2.75) is 20.8 Å². The van der Waals surface area contributed by atoms with Crippen molar-refractivity contribution >= 4 is 29.0 Å². The normalized spacial score (nSPS) is 15.7. The van der Waals surface area contributed by atoms with E-state index in [0.29, 0.717) is 10.7 Å². The Morgan fingerprint density at radius 3 is 2.33 bits per heavy atom. The van der Waals surface area contributed by atoms with Gasteiger partial charge in [0.05, 0.1) is 11.4 Å². The van der Waals surface area contributed by atoms with Crippen LogP contribution in [0.1, 0.15) is 22.3 Å². The first-order valence-electron chi connectivity index (χ1n) is 8.60. The first-order chi connectivity index (χ1) is 12.8. The number of imide groups is 1. The molecule has 0 atom stereocenters. The van der Waals surface area contributed by atoms with E-state index in [1.165, 1.54) is 4.90 Å². The van der Waals surface area contributed by atoms with E-state index in [1.807, 2.05) is 31.2 Å². The molecule has 1 aliphatic heterocycles. The Hall–Kier alpha value is -2.73. The van der Waals surface area contributed by atoms with E-state index in [2.05, 4.69) is 0 Å². The third kappa shape index (κ3) is 4.34. The lowest BCUT2D eigenvalue weighted by Crippen LogP contribution is -2.32. The summed E-state index contributed by atoms with van der Waals surface area (Å²) in [7, 11) is 0. The van der Waals surface area contributed by atoms with Crippen LogP contribution in [-0.2, 0) is 4.79 Å². The van der Waals surface area contributed by atoms with E-state index in [9.17, 15) is 14.7 Å². The highest BCUT2D eigenvalue weighted by molar-refractivity contribution is 8.18. The van der Waals surface area contributed by atoms with Crippen LogP contribution in [-0.4, -0.2) is 34.3 Å². The van der Waals surface area contributed by atoms with Gasteiger partial charge in [-0.2, -0.15) is 0 Å². The summed E-state index contributed by atoms with van der Waals surface area (Å²) in [4.78, 5) is 26.3. The van der Waals surface area contributed by atoms with Gasteiger partial charge in [0.15, 0.2) is 0 Å². The van der Waals surface area contributed by atoms with Crippen molar-refractivity contribution in [1.29, 1.82) is 0 Å². The van der Waals surface area contributed by atoms with Gasteiger partial charge in [-0.05, 0) is 79.6 Å². The fraction of sp³-hybridized carbons (Fsp3) is 0.238. The molecule has 3 rings (SSSR count). The lowest BCUT2D eigenvalue weighted by atomic mass is 10.1. The Labute approximate surface area is 162 Å². The van der Waals surface area contributed by atoms with Crippen LogP contribution in [0.5, 0.6) is 11.5 Å². The first kappa shape index (κ1) is 19.0. The Kier molecular flexibility index (Phi) is 5.56. The van der Waals surface area contributed by atoms with E-state index in [-0.39, 0.29) is 30.0 Å². The summed E-state index contributed by atoms with van der Waals surface area (Å²) < 4.78 is 5.62. The molecular formula is C21H21NO4S. The smallest absolute Gasteiger partial charge is 0.293 e. The second-order valence-corrected chi connectivity index (χ2v) is 7.49. The van der Waals surface area contributed by atoms with Crippen molar-refractivity contribution < 1.29 is 19.4 Å². The molecule has 0 spiro atoms. The predicted octanol–water partition coefficient (Wildman–Crippen LogP) is 4.43. The molecule has 1 saturated heterocycles. The van der Waals surface area contributed by atoms with Crippen LogP contribution >= 0.6 is 11.8 Å². The van der Waals surface area contributed by atoms with Gasteiger partial charge in [-0.15, -0.1) is 0 Å². The topological polar surface area (TPSA) is 66.8 Å². The van der Waals surface area contributed by atoms with Gasteiger partial charge in [0, 0.05) is 0 Å². The number of rotatable bonds is 5. The molecule has 1 aliphatic rings. The molecule has 0 radical (unpaired) electrons. The Morgan fingerprint density at radius 1 is 1.07 bits per heavy atom. The quantitative estimate of drug-likeness (QED) is 0.774. The molecule has 0 bridgehead atoms. The van der Waals surface area contributed by atoms with Gasteiger partial charge in [0.1, 0.15) is 18.1 Å². The van der Waals surface area contributed by atoms with Gasteiger partial charge < -0.3 is 9.84 Å². The van der Waals surface area contributed by atoms with Gasteiger partial charge >= 0.3 is 0 Å². The fourth-order valence-electron chi connectivity index (χ4n) is 2.81. The highest BCUT2D eigenvalue weighted by Gasteiger charge is 2.34. The maximum absolute atomic E-state index is 12.6. The number of carbonyl (C=O) groups is 2. The minimum Gasteiger partial charge on any atom is -0.507 e. The van der Waals surface area contributed by atoms with Crippen LogP contribution in [0, 0.1) is 20.8 Å². The van der Waals surface area contributed by atoms with Crippen LogP contribution in [0.25, 0.3) is 6.08 Å². The van der Waals surface area contributed by atoms with Crippen molar-refractivity contribution in [3.8, 4) is 11.5 Å². The zero-order valence-corrected chi connectivity index (χ0v) is 16.3. The molecule has 140 valence electrons. The number of hydrogen-bond acceptors (Lipinski definition) is 5. The molecule has 1 heterocycles. The maximum atomic E-state index is 12.6. The number of thioether (sulfide) groups is 1. The van der Waals surface area contributed by atoms with Crippen LogP contribution in [0.2, 0.25) is 0 Å². The Balaban J connectivity index is 1.66. The van der Waals surface area contributed by atoms with Crippen LogP contribution in [0.3, 0.4) is 0 Å². The number of benzene rings is 2. The predicted molar refractivity (Wildman–Crippen MR) is 107 cm³/mol. The van der Waals surface area contributed by atoms with Gasteiger partial charge in [-0.3, -0.25) is 14.5 Å². The number of aromatic hydroxyl groups is 1. The molecule has 27 heavy (non-hydrogen) atoms. The highest BCUT2D eigenvalue weighted by Crippen LogP contribution is 2.33. The molecular weight excluding hydrogens is 362 g/mol. The second-order valence-electron chi connectivity index (χ2n) is 6.50. The lowest BCUT2D eigenvalue weighted by molar-refractivity contribution is -0.123. The summed E-state index contributed by atoms with van der Waals surface area (Å²) in [6, 6.07) is 11.2. The summed E-state index contributed by atoms with van der Waals surface area (Å²) >= 11 is 0.921. The van der Waals surface area contributed by atoms with Gasteiger partial charge in [0.2, 0.25) is 0 Å². The number of carbonyl (C=O) groups excluding carboxylic acids is 2. The molecule has 1 N–H and O–H groups in total. The molecule has 2 amide bonds. The summed E-state index contributed by atoms with van der Waals surface area (Å²) in [6.45, 7) is 6.03. The maximum Gasteiger partial charge on any atom is 0.293 e. The summed E-state index contributed by atoms with van der Waals surface area (Å²) in [6.07, 6.45) is 1.69. The molecule has 2 aromatic rings. The van der Waals surface area contributed by atoms with Crippen LogP contribution < -0.4 is 4.74 Å². The summed E-state index contributed by atoms with van der Waals surface area (Å²) in [5.74, 6) is 0.632. The van der Waals surface area contributed by atoms with E-state index in [0.717, 1.165) is 34.0 Å². The van der Waals surface area contributed by atoms with Crippen molar-refractivity contribution in [1.82, 2.24) is 4.90 Å². The minimum atomic E-state index is -0.319. The zero-order valence-electron chi connectivity index (χ0n) is 15.5. The number of ether oxygens (including phenoxy) is 1. The SMILES string of the molecule is Cc1ccc(OCCN2C(=O)S/C(=C\c3cc(C)c(O)c(C)c3)C2=O)cc1. The average Bonchev–Trinajstić information content (AvgIpc) is 2.88. The second kappa shape index (κ2) is 7.88. The van der Waals surface area contributed by atoms with Crippen molar-refractivity contribution in [3.63, 3.8) is 0 Å². The van der Waals surface area contributed by atoms with Gasteiger partial charge in [-0.25, -0.2) is 0 Å². The molecule has 0 aromatic heterocycles. The number of nitrogens with zero attached hydrogens (tertiary/aromatic N) is 1. The summed E-state index contributed by atoms with van der Waals surface area (Å²) in [5.41, 5.74) is 3.38. The molecule has 2 aromatic carbocycles. The molecule has 0 saturated carbocycles. The Bertz CT molecular complexity index is 895. The van der Waals surface area contributed by atoms with E-state index in [1.54, 1.807) is 32.1 Å². The van der Waals surface area contributed by atoms with Gasteiger partial charge in [-0.1, -0.05) is 17.7 Å². The molecule has 1 fully saturated rings. The fourth-order valence-corrected chi connectivity index (χ4v) is 3.67. The number of amides is 2. The largest absolute Gasteiger partial charge is 0.507 e. The molecule has 5 nitrogen and oxygen atoms in total. The Morgan fingerprint density at radius 2 is 1.70 bits per heavy atom. The highest BCUT2D eigenvalue weighted by atomic mass is 32.2. The number of hydrogen-bond donors (Lipinski definition) is 1. The zero-order chi connectivity index (χ0) is 19.6. The minimum absolute atomic E-state index is 0.198. The van der Waals surface area contributed by atoms with E-state index in [4.69, 9.17) is 4.74 Å². The average molecular weight is 383 g/mol. The first-order valence-corrected chi connectivity index (χ1v) is 9.42. The monoisotopic (exact) mass is 383 g/mol. The van der Waals surface area contributed by atoms with Crippen LogP contribution in [0.15, 0.2) is 41.3 Å². The molecule has 0 aliphatic carbocycles. The van der Waals surface area contributed by atoms with Gasteiger partial charge in [0.25, 0.3) is 11.1 Å². The third-order valence-corrected chi connectivity index (χ3v) is 5.20. The third-order valence-electron chi connectivity index (χ3n) is 4.29. The lowest BCUT2D eigenvalue weighted by Gasteiger charge is -2.13. The molecule has 0 unspecified atom stereocenters. The van der Waals surface area contributed by atoms with E-state index < -0.39 is 0 Å². The number of phenols is 1.